The van der Waals surface area contributed by atoms with E-state index in [0.29, 0.717) is 11.3 Å². The summed E-state index contributed by atoms with van der Waals surface area (Å²) in [6, 6.07) is 16.3. The number of aliphatic hydroxyl groups excluding tert-OH is 1. The Morgan fingerprint density at radius 2 is 1.67 bits per heavy atom. The lowest BCUT2D eigenvalue weighted by atomic mass is 10.1. The van der Waals surface area contributed by atoms with Gasteiger partial charge in [0.15, 0.2) is 6.10 Å². The van der Waals surface area contributed by atoms with Gasteiger partial charge in [-0.3, -0.25) is 4.79 Å². The van der Waals surface area contributed by atoms with Gasteiger partial charge in [-0.15, -0.1) is 0 Å². The average Bonchev–Trinajstić information content (AvgIpc) is 2.41. The first kappa shape index (κ1) is 12.3. The molecule has 1 amide bonds. The van der Waals surface area contributed by atoms with Crippen LogP contribution in [0.1, 0.15) is 17.2 Å². The third-order valence-corrected chi connectivity index (χ3v) is 2.68. The van der Waals surface area contributed by atoms with Gasteiger partial charge in [-0.05, 0) is 24.6 Å². The second kappa shape index (κ2) is 5.47. The van der Waals surface area contributed by atoms with Crippen molar-refractivity contribution in [1.29, 1.82) is 0 Å². The molecule has 0 aliphatic carbocycles. The molecular weight excluding hydrogens is 226 g/mol. The first-order valence-electron chi connectivity index (χ1n) is 5.77. The van der Waals surface area contributed by atoms with Gasteiger partial charge in [0.1, 0.15) is 0 Å². The zero-order valence-corrected chi connectivity index (χ0v) is 10.1. The van der Waals surface area contributed by atoms with Gasteiger partial charge in [-0.25, -0.2) is 0 Å². The number of benzene rings is 2. The Hall–Kier alpha value is -2.13. The molecule has 92 valence electrons. The zero-order valence-electron chi connectivity index (χ0n) is 10.1. The van der Waals surface area contributed by atoms with Crippen LogP contribution in [0.2, 0.25) is 0 Å². The molecule has 0 fully saturated rings. The molecule has 3 nitrogen and oxygen atoms in total. The molecule has 2 rings (SSSR count). The van der Waals surface area contributed by atoms with E-state index < -0.39 is 12.0 Å². The van der Waals surface area contributed by atoms with Gasteiger partial charge in [-0.1, -0.05) is 48.0 Å². The van der Waals surface area contributed by atoms with Gasteiger partial charge in [-0.2, -0.15) is 0 Å². The SMILES string of the molecule is Cc1ccc(NC(=O)C(O)c2ccccc2)cc1. The number of carbonyl (C=O) groups is 1. The number of anilines is 1. The fourth-order valence-electron chi connectivity index (χ4n) is 1.63. The highest BCUT2D eigenvalue weighted by atomic mass is 16.3. The Labute approximate surface area is 106 Å². The van der Waals surface area contributed by atoms with Crippen LogP contribution in [-0.4, -0.2) is 11.0 Å². The van der Waals surface area contributed by atoms with Gasteiger partial charge < -0.3 is 10.4 Å². The van der Waals surface area contributed by atoms with E-state index in [4.69, 9.17) is 0 Å². The Balaban J connectivity index is 2.06. The van der Waals surface area contributed by atoms with Crippen LogP contribution in [0.3, 0.4) is 0 Å². The van der Waals surface area contributed by atoms with Gasteiger partial charge >= 0.3 is 0 Å². The van der Waals surface area contributed by atoms with Crippen LogP contribution in [0.4, 0.5) is 5.69 Å². The molecule has 0 saturated heterocycles. The molecule has 18 heavy (non-hydrogen) atoms. The van der Waals surface area contributed by atoms with E-state index in [1.165, 1.54) is 0 Å². The fraction of sp³-hybridized carbons (Fsp3) is 0.133. The van der Waals surface area contributed by atoms with E-state index in [0.717, 1.165) is 5.56 Å². The van der Waals surface area contributed by atoms with Crippen molar-refractivity contribution < 1.29 is 9.90 Å². The smallest absolute Gasteiger partial charge is 0.257 e. The minimum atomic E-state index is -1.15. The Morgan fingerprint density at radius 3 is 2.28 bits per heavy atom. The Bertz CT molecular complexity index is 520. The molecule has 2 N–H and O–H groups in total. The van der Waals surface area contributed by atoms with Gasteiger partial charge in [0, 0.05) is 5.69 Å². The van der Waals surface area contributed by atoms with Crippen molar-refractivity contribution in [3.8, 4) is 0 Å². The molecule has 0 spiro atoms. The lowest BCUT2D eigenvalue weighted by Crippen LogP contribution is -2.20. The quantitative estimate of drug-likeness (QED) is 0.868. The van der Waals surface area contributed by atoms with Crippen LogP contribution in [-0.2, 0) is 4.79 Å². The fourth-order valence-corrected chi connectivity index (χ4v) is 1.63. The summed E-state index contributed by atoms with van der Waals surface area (Å²) < 4.78 is 0. The molecule has 0 aromatic heterocycles. The van der Waals surface area contributed by atoms with Gasteiger partial charge in [0.05, 0.1) is 0 Å². The number of hydrogen-bond acceptors (Lipinski definition) is 2. The minimum Gasteiger partial charge on any atom is -0.378 e. The van der Waals surface area contributed by atoms with Crippen LogP contribution in [0.25, 0.3) is 0 Å². The Kier molecular flexibility index (Phi) is 3.75. The second-order valence-corrected chi connectivity index (χ2v) is 4.17. The van der Waals surface area contributed by atoms with E-state index in [9.17, 15) is 9.90 Å². The van der Waals surface area contributed by atoms with E-state index in [2.05, 4.69) is 5.32 Å². The Morgan fingerprint density at radius 1 is 1.06 bits per heavy atom. The minimum absolute atomic E-state index is 0.426. The van der Waals surface area contributed by atoms with E-state index in [-0.39, 0.29) is 0 Å². The first-order chi connectivity index (χ1) is 8.66. The molecular formula is C15H15NO2. The number of nitrogens with one attached hydrogen (secondary N) is 1. The summed E-state index contributed by atoms with van der Waals surface area (Å²) in [6.07, 6.45) is -1.15. The largest absolute Gasteiger partial charge is 0.378 e. The summed E-state index contributed by atoms with van der Waals surface area (Å²) in [5.41, 5.74) is 2.39. The van der Waals surface area contributed by atoms with Gasteiger partial charge in [0.25, 0.3) is 5.91 Å². The second-order valence-electron chi connectivity index (χ2n) is 4.17. The average molecular weight is 241 g/mol. The predicted octanol–water partition coefficient (Wildman–Crippen LogP) is 2.67. The molecule has 2 aromatic rings. The maximum Gasteiger partial charge on any atom is 0.257 e. The first-order valence-corrected chi connectivity index (χ1v) is 5.77. The summed E-state index contributed by atoms with van der Waals surface area (Å²) in [7, 11) is 0. The number of amides is 1. The van der Waals surface area contributed by atoms with Crippen molar-refractivity contribution in [1.82, 2.24) is 0 Å². The maximum atomic E-state index is 11.8. The van der Waals surface area contributed by atoms with Crippen LogP contribution >= 0.6 is 0 Å². The number of rotatable bonds is 3. The number of aryl methyl sites for hydroxylation is 1. The zero-order chi connectivity index (χ0) is 13.0. The van der Waals surface area contributed by atoms with Crippen LogP contribution < -0.4 is 5.32 Å². The van der Waals surface area contributed by atoms with Crippen LogP contribution in [0, 0.1) is 6.92 Å². The monoisotopic (exact) mass is 241 g/mol. The molecule has 0 bridgehead atoms. The number of hydrogen-bond donors (Lipinski definition) is 2. The normalized spacial score (nSPS) is 11.9. The standard InChI is InChI=1S/C15H15NO2/c1-11-7-9-13(10-8-11)16-15(18)14(17)12-5-3-2-4-6-12/h2-10,14,17H,1H3,(H,16,18). The van der Waals surface area contributed by atoms with Crippen molar-refractivity contribution in [2.75, 3.05) is 5.32 Å². The molecule has 1 unspecified atom stereocenters. The van der Waals surface area contributed by atoms with Crippen molar-refractivity contribution in [2.24, 2.45) is 0 Å². The van der Waals surface area contributed by atoms with Crippen molar-refractivity contribution >= 4 is 11.6 Å². The highest BCUT2D eigenvalue weighted by Gasteiger charge is 2.16. The highest BCUT2D eigenvalue weighted by Crippen LogP contribution is 2.15. The lowest BCUT2D eigenvalue weighted by molar-refractivity contribution is -0.124. The highest BCUT2D eigenvalue weighted by molar-refractivity contribution is 5.94. The van der Waals surface area contributed by atoms with Crippen molar-refractivity contribution in [2.45, 2.75) is 13.0 Å². The molecule has 0 aliphatic heterocycles. The topological polar surface area (TPSA) is 49.3 Å². The van der Waals surface area contributed by atoms with E-state index in [1.807, 2.05) is 37.3 Å². The maximum absolute atomic E-state index is 11.8. The van der Waals surface area contributed by atoms with Crippen LogP contribution in [0.5, 0.6) is 0 Å². The summed E-state index contributed by atoms with van der Waals surface area (Å²) in [5, 5.41) is 12.6. The van der Waals surface area contributed by atoms with E-state index >= 15 is 0 Å². The summed E-state index contributed by atoms with van der Waals surface area (Å²) in [5.74, 6) is -0.426. The molecule has 0 aliphatic rings. The van der Waals surface area contributed by atoms with Crippen LogP contribution in [0.15, 0.2) is 54.6 Å². The molecule has 2 aromatic carbocycles. The number of carbonyl (C=O) groups excluding carboxylic acids is 1. The molecule has 0 radical (unpaired) electrons. The molecule has 3 heteroatoms. The third kappa shape index (κ3) is 2.96. The lowest BCUT2D eigenvalue weighted by Gasteiger charge is -2.11. The third-order valence-electron chi connectivity index (χ3n) is 2.68. The molecule has 0 saturated carbocycles. The summed E-state index contributed by atoms with van der Waals surface area (Å²) in [4.78, 5) is 11.8. The van der Waals surface area contributed by atoms with Gasteiger partial charge in [0.2, 0.25) is 0 Å². The molecule has 1 atom stereocenters. The van der Waals surface area contributed by atoms with Crippen molar-refractivity contribution in [3.05, 3.63) is 65.7 Å². The van der Waals surface area contributed by atoms with E-state index in [1.54, 1.807) is 24.3 Å². The molecule has 0 heterocycles. The predicted molar refractivity (Wildman–Crippen MR) is 71.2 cm³/mol. The summed E-state index contributed by atoms with van der Waals surface area (Å²) in [6.45, 7) is 1.98. The number of aliphatic hydroxyl groups is 1. The van der Waals surface area contributed by atoms with Crippen molar-refractivity contribution in [3.63, 3.8) is 0 Å². The summed E-state index contributed by atoms with van der Waals surface area (Å²) >= 11 is 0.